The largest absolute Gasteiger partial charge is 0.387 e. The van der Waals surface area contributed by atoms with Gasteiger partial charge in [0.05, 0.1) is 11.6 Å². The summed E-state index contributed by atoms with van der Waals surface area (Å²) >= 11 is 0. The predicted molar refractivity (Wildman–Crippen MR) is 105 cm³/mol. The molecule has 1 aromatic heterocycles. The zero-order valence-corrected chi connectivity index (χ0v) is 16.3. The van der Waals surface area contributed by atoms with Gasteiger partial charge in [0.25, 0.3) is 0 Å². The summed E-state index contributed by atoms with van der Waals surface area (Å²) < 4.78 is 0. The number of β-amino-alcohol motifs (C(OH)–C–C–N with tert-alkyl or cyclic N) is 1. The van der Waals surface area contributed by atoms with E-state index in [0.717, 1.165) is 41.2 Å². The third-order valence-corrected chi connectivity index (χ3v) is 5.80. The Morgan fingerprint density at radius 2 is 1.88 bits per heavy atom. The first-order valence-electron chi connectivity index (χ1n) is 9.53. The molecule has 1 fully saturated rings. The van der Waals surface area contributed by atoms with Gasteiger partial charge in [-0.3, -0.25) is 4.98 Å². The molecule has 0 saturated carbocycles. The second-order valence-electron chi connectivity index (χ2n) is 8.78. The molecule has 0 bridgehead atoms. The highest BCUT2D eigenvalue weighted by Gasteiger charge is 2.29. The lowest BCUT2D eigenvalue weighted by Crippen LogP contribution is -2.39. The number of para-hydroxylation sites is 1. The standard InChI is InChI=1S/C22H32N2O/c1-15-7-6-8-18-19(13-16(2)23-21(15)18)20(25)14-24-11-9-17(10-12-24)22(3,4)5/h6-8,13,17,20,25H,9-12,14H2,1-5H3. The molecule has 0 radical (unpaired) electrons. The van der Waals surface area contributed by atoms with Crippen LogP contribution < -0.4 is 0 Å². The topological polar surface area (TPSA) is 36.4 Å². The fraction of sp³-hybridized carbons (Fsp3) is 0.591. The Bertz CT molecular complexity index is 740. The van der Waals surface area contributed by atoms with Crippen molar-refractivity contribution in [2.75, 3.05) is 19.6 Å². The van der Waals surface area contributed by atoms with Crippen molar-refractivity contribution in [3.05, 3.63) is 41.1 Å². The number of benzene rings is 1. The molecule has 1 saturated heterocycles. The molecule has 1 aliphatic heterocycles. The molecule has 25 heavy (non-hydrogen) atoms. The summed E-state index contributed by atoms with van der Waals surface area (Å²) in [5, 5.41) is 12.0. The van der Waals surface area contributed by atoms with E-state index in [1.807, 2.05) is 13.0 Å². The molecule has 3 rings (SSSR count). The van der Waals surface area contributed by atoms with Crippen LogP contribution in [0.3, 0.4) is 0 Å². The first-order valence-corrected chi connectivity index (χ1v) is 9.53. The van der Waals surface area contributed by atoms with Crippen LogP contribution in [0.25, 0.3) is 10.9 Å². The van der Waals surface area contributed by atoms with E-state index in [4.69, 9.17) is 0 Å². The van der Waals surface area contributed by atoms with Crippen molar-refractivity contribution in [1.29, 1.82) is 0 Å². The number of aromatic nitrogens is 1. The van der Waals surface area contributed by atoms with Crippen molar-refractivity contribution in [1.82, 2.24) is 9.88 Å². The average molecular weight is 341 g/mol. The lowest BCUT2D eigenvalue weighted by atomic mass is 9.75. The molecule has 1 aromatic carbocycles. The Morgan fingerprint density at radius 3 is 2.52 bits per heavy atom. The minimum Gasteiger partial charge on any atom is -0.387 e. The van der Waals surface area contributed by atoms with Crippen LogP contribution in [0.5, 0.6) is 0 Å². The summed E-state index contributed by atoms with van der Waals surface area (Å²) in [7, 11) is 0. The number of hydrogen-bond acceptors (Lipinski definition) is 3. The van der Waals surface area contributed by atoms with Gasteiger partial charge in [0, 0.05) is 17.6 Å². The molecule has 1 aliphatic rings. The van der Waals surface area contributed by atoms with Crippen LogP contribution >= 0.6 is 0 Å². The summed E-state index contributed by atoms with van der Waals surface area (Å²) in [5.74, 6) is 0.785. The maximum absolute atomic E-state index is 10.9. The van der Waals surface area contributed by atoms with Crippen molar-refractivity contribution in [2.24, 2.45) is 11.3 Å². The monoisotopic (exact) mass is 340 g/mol. The molecule has 136 valence electrons. The minimum atomic E-state index is -0.461. The maximum Gasteiger partial charge on any atom is 0.0924 e. The SMILES string of the molecule is Cc1cc(C(O)CN2CCC(C(C)(C)C)CC2)c2cccc(C)c2n1. The first-order chi connectivity index (χ1) is 11.8. The Kier molecular flexibility index (Phi) is 5.17. The van der Waals surface area contributed by atoms with E-state index in [2.05, 4.69) is 55.8 Å². The highest BCUT2D eigenvalue weighted by molar-refractivity contribution is 5.85. The minimum absolute atomic E-state index is 0.390. The van der Waals surface area contributed by atoms with E-state index in [-0.39, 0.29) is 0 Å². The van der Waals surface area contributed by atoms with Crippen molar-refractivity contribution in [3.8, 4) is 0 Å². The van der Waals surface area contributed by atoms with Crippen molar-refractivity contribution < 1.29 is 5.11 Å². The molecule has 0 spiro atoms. The molecule has 1 unspecified atom stereocenters. The smallest absolute Gasteiger partial charge is 0.0924 e. The fourth-order valence-corrected chi connectivity index (χ4v) is 4.15. The Hall–Kier alpha value is -1.45. The lowest BCUT2D eigenvalue weighted by molar-refractivity contribution is 0.0658. The van der Waals surface area contributed by atoms with Crippen molar-refractivity contribution in [2.45, 2.75) is 53.6 Å². The van der Waals surface area contributed by atoms with E-state index < -0.39 is 6.10 Å². The molecular formula is C22H32N2O. The van der Waals surface area contributed by atoms with Crippen LogP contribution in [0.15, 0.2) is 24.3 Å². The number of rotatable bonds is 3. The van der Waals surface area contributed by atoms with Gasteiger partial charge in [0.2, 0.25) is 0 Å². The number of pyridine rings is 1. The van der Waals surface area contributed by atoms with Crippen LogP contribution in [0.2, 0.25) is 0 Å². The second kappa shape index (κ2) is 7.05. The van der Waals surface area contributed by atoms with E-state index in [1.54, 1.807) is 0 Å². The van der Waals surface area contributed by atoms with Gasteiger partial charge in [-0.2, -0.15) is 0 Å². The van der Waals surface area contributed by atoms with Crippen LogP contribution in [-0.4, -0.2) is 34.6 Å². The quantitative estimate of drug-likeness (QED) is 0.884. The summed E-state index contributed by atoms with van der Waals surface area (Å²) in [4.78, 5) is 7.10. The zero-order valence-electron chi connectivity index (χ0n) is 16.3. The van der Waals surface area contributed by atoms with E-state index in [0.29, 0.717) is 12.0 Å². The van der Waals surface area contributed by atoms with Crippen LogP contribution in [-0.2, 0) is 0 Å². The molecule has 1 atom stereocenters. The molecule has 3 heteroatoms. The summed E-state index contributed by atoms with van der Waals surface area (Å²) in [6.45, 7) is 14.0. The third kappa shape index (κ3) is 4.04. The maximum atomic E-state index is 10.9. The molecule has 3 nitrogen and oxygen atoms in total. The fourth-order valence-electron chi connectivity index (χ4n) is 4.15. The molecule has 0 aliphatic carbocycles. The Morgan fingerprint density at radius 1 is 1.20 bits per heavy atom. The number of fused-ring (bicyclic) bond motifs is 1. The van der Waals surface area contributed by atoms with E-state index >= 15 is 0 Å². The van der Waals surface area contributed by atoms with Crippen LogP contribution in [0.1, 0.15) is 56.5 Å². The van der Waals surface area contributed by atoms with Gasteiger partial charge < -0.3 is 10.0 Å². The molecule has 1 N–H and O–H groups in total. The van der Waals surface area contributed by atoms with Crippen LogP contribution in [0.4, 0.5) is 0 Å². The summed E-state index contributed by atoms with van der Waals surface area (Å²) in [6.07, 6.45) is 1.99. The van der Waals surface area contributed by atoms with E-state index in [9.17, 15) is 5.11 Å². The summed E-state index contributed by atoms with van der Waals surface area (Å²) in [6, 6.07) is 8.27. The first kappa shape index (κ1) is 18.3. The van der Waals surface area contributed by atoms with Crippen molar-refractivity contribution in [3.63, 3.8) is 0 Å². The summed E-state index contributed by atoms with van der Waals surface area (Å²) in [5.41, 5.74) is 4.57. The van der Waals surface area contributed by atoms with Gasteiger partial charge in [-0.1, -0.05) is 39.0 Å². The number of hydrogen-bond donors (Lipinski definition) is 1. The lowest BCUT2D eigenvalue weighted by Gasteiger charge is -2.39. The molecule has 2 heterocycles. The predicted octanol–water partition coefficient (Wildman–Crippen LogP) is 4.64. The van der Waals surface area contributed by atoms with Gasteiger partial charge in [-0.15, -0.1) is 0 Å². The second-order valence-corrected chi connectivity index (χ2v) is 8.78. The number of piperidine rings is 1. The number of aliphatic hydroxyl groups is 1. The van der Waals surface area contributed by atoms with Gasteiger partial charge in [0.1, 0.15) is 0 Å². The number of nitrogens with zero attached hydrogens (tertiary/aromatic N) is 2. The van der Waals surface area contributed by atoms with Gasteiger partial charge >= 0.3 is 0 Å². The van der Waals surface area contributed by atoms with Gasteiger partial charge in [-0.25, -0.2) is 0 Å². The van der Waals surface area contributed by atoms with Crippen molar-refractivity contribution >= 4 is 10.9 Å². The third-order valence-electron chi connectivity index (χ3n) is 5.80. The Balaban J connectivity index is 1.75. The zero-order chi connectivity index (χ0) is 18.2. The normalized spacial score (nSPS) is 18.6. The number of likely N-dealkylation sites (tertiary alicyclic amines) is 1. The molecule has 2 aromatic rings. The van der Waals surface area contributed by atoms with Crippen LogP contribution in [0, 0.1) is 25.2 Å². The van der Waals surface area contributed by atoms with Gasteiger partial charge in [-0.05, 0) is 68.3 Å². The highest BCUT2D eigenvalue weighted by Crippen LogP contribution is 2.35. The number of aryl methyl sites for hydroxylation is 2. The number of aliphatic hydroxyl groups excluding tert-OH is 1. The molecule has 0 amide bonds. The average Bonchev–Trinajstić information content (AvgIpc) is 2.54. The molecular weight excluding hydrogens is 308 g/mol. The van der Waals surface area contributed by atoms with E-state index in [1.165, 1.54) is 18.4 Å². The Labute approximate surface area is 152 Å². The van der Waals surface area contributed by atoms with Gasteiger partial charge in [0.15, 0.2) is 0 Å². The highest BCUT2D eigenvalue weighted by atomic mass is 16.3.